The quantitative estimate of drug-likeness (QED) is 0.115. The Labute approximate surface area is 288 Å². The molecule has 0 spiro atoms. The zero-order valence-corrected chi connectivity index (χ0v) is 29.5. The van der Waals surface area contributed by atoms with Crippen LogP contribution in [0.15, 0.2) is 59.6 Å². The number of alkyl halides is 1. The number of carbonyl (C=O) groups is 2. The molecule has 0 bridgehead atoms. The van der Waals surface area contributed by atoms with Crippen molar-refractivity contribution in [3.8, 4) is 11.3 Å². The Hall–Kier alpha value is -2.60. The minimum Gasteiger partial charge on any atom is -0.462 e. The topological polar surface area (TPSA) is 61.2 Å². The normalized spacial score (nSPS) is 20.3. The molecule has 5 rings (SSSR count). The summed E-state index contributed by atoms with van der Waals surface area (Å²) in [7, 11) is 0. The van der Waals surface area contributed by atoms with Gasteiger partial charge in [-0.2, -0.15) is 5.10 Å². The Morgan fingerprint density at radius 3 is 2.37 bits per heavy atom. The van der Waals surface area contributed by atoms with Gasteiger partial charge in [0, 0.05) is 33.5 Å². The molecule has 1 heterocycles. The minimum absolute atomic E-state index is 0.0449. The van der Waals surface area contributed by atoms with Crippen molar-refractivity contribution >= 4 is 46.6 Å². The second-order valence-electron chi connectivity index (χ2n) is 13.4. The maximum Gasteiger partial charge on any atom is 0.309 e. The van der Waals surface area contributed by atoms with Gasteiger partial charge in [0.15, 0.2) is 5.78 Å². The number of hydrogen-bond acceptors (Lipinski definition) is 4. The standard InChI is InChI=1S/C38H45Cl3N2O3/c1-23(2)32-13-9-8-10-27(32)21-28(38(45)46-31-11-6-5-7-12-31)20-24(3)37(44)35-25(4)36(26-14-16-29(39)17-15-26)43(42-35)34-19-18-30(40)22-33(34)41/h8-10,13-18,23-24,28,31,33-34H,5-7,11-12,19-22H2,1-4H3. The van der Waals surface area contributed by atoms with E-state index in [4.69, 9.17) is 44.6 Å². The highest BCUT2D eigenvalue weighted by molar-refractivity contribution is 6.31. The summed E-state index contributed by atoms with van der Waals surface area (Å²) < 4.78 is 8.02. The zero-order valence-electron chi connectivity index (χ0n) is 27.3. The summed E-state index contributed by atoms with van der Waals surface area (Å²) >= 11 is 19.4. The predicted octanol–water partition coefficient (Wildman–Crippen LogP) is 10.6. The van der Waals surface area contributed by atoms with Gasteiger partial charge in [0.25, 0.3) is 0 Å². The van der Waals surface area contributed by atoms with Crippen LogP contribution in [0.4, 0.5) is 0 Å². The molecule has 0 N–H and O–H groups in total. The lowest BCUT2D eigenvalue weighted by Gasteiger charge is -2.27. The van der Waals surface area contributed by atoms with Crippen molar-refractivity contribution in [2.45, 2.75) is 109 Å². The molecule has 0 saturated heterocycles. The predicted molar refractivity (Wildman–Crippen MR) is 188 cm³/mol. The summed E-state index contributed by atoms with van der Waals surface area (Å²) in [6.45, 7) is 8.18. The van der Waals surface area contributed by atoms with E-state index < -0.39 is 11.8 Å². The molecule has 1 saturated carbocycles. The van der Waals surface area contributed by atoms with E-state index in [0.717, 1.165) is 53.1 Å². The summed E-state index contributed by atoms with van der Waals surface area (Å²) in [6.07, 6.45) is 9.15. The van der Waals surface area contributed by atoms with Crippen LogP contribution in [0.5, 0.6) is 0 Å². The highest BCUT2D eigenvalue weighted by Crippen LogP contribution is 2.39. The van der Waals surface area contributed by atoms with E-state index in [9.17, 15) is 9.59 Å². The number of rotatable bonds is 11. The van der Waals surface area contributed by atoms with Gasteiger partial charge >= 0.3 is 5.97 Å². The molecule has 46 heavy (non-hydrogen) atoms. The van der Waals surface area contributed by atoms with Crippen LogP contribution in [0.1, 0.15) is 111 Å². The smallest absolute Gasteiger partial charge is 0.309 e. The second-order valence-corrected chi connectivity index (χ2v) is 14.9. The fourth-order valence-electron chi connectivity index (χ4n) is 7.02. The first kappa shape index (κ1) is 34.7. The van der Waals surface area contributed by atoms with Crippen LogP contribution in [0.25, 0.3) is 11.3 Å². The molecule has 4 atom stereocenters. The molecule has 5 nitrogen and oxygen atoms in total. The van der Waals surface area contributed by atoms with Crippen LogP contribution in [0.3, 0.4) is 0 Å². The third-order valence-corrected chi connectivity index (χ3v) is 10.6. The van der Waals surface area contributed by atoms with Gasteiger partial charge in [-0.1, -0.05) is 92.9 Å². The average Bonchev–Trinajstić information content (AvgIpc) is 3.37. The molecule has 2 aliphatic carbocycles. The van der Waals surface area contributed by atoms with Crippen molar-refractivity contribution in [2.75, 3.05) is 0 Å². The SMILES string of the molecule is Cc1c(C(=O)C(C)CC(Cc2ccccc2C(C)C)C(=O)OC2CCCCC2)nn(C2CC=C(Cl)CC2Cl)c1-c1ccc(Cl)cc1. The summed E-state index contributed by atoms with van der Waals surface area (Å²) in [5.41, 5.74) is 5.29. The van der Waals surface area contributed by atoms with Crippen LogP contribution in [-0.2, 0) is 16.0 Å². The second kappa shape index (κ2) is 15.5. The third-order valence-electron chi connectivity index (χ3n) is 9.60. The van der Waals surface area contributed by atoms with Gasteiger partial charge in [-0.05, 0) is 81.0 Å². The van der Waals surface area contributed by atoms with Crippen molar-refractivity contribution in [2.24, 2.45) is 11.8 Å². The monoisotopic (exact) mass is 682 g/mol. The highest BCUT2D eigenvalue weighted by Gasteiger charge is 2.34. The number of allylic oxidation sites excluding steroid dienone is 2. The number of aromatic nitrogens is 2. The largest absolute Gasteiger partial charge is 0.462 e. The number of ether oxygens (including phenoxy) is 1. The van der Waals surface area contributed by atoms with Crippen molar-refractivity contribution in [1.29, 1.82) is 0 Å². The number of hydrogen-bond donors (Lipinski definition) is 0. The van der Waals surface area contributed by atoms with E-state index in [-0.39, 0.29) is 29.3 Å². The Balaban J connectivity index is 1.46. The van der Waals surface area contributed by atoms with Crippen LogP contribution in [0, 0.1) is 18.8 Å². The van der Waals surface area contributed by atoms with E-state index in [1.807, 2.05) is 61.0 Å². The molecule has 0 amide bonds. The maximum absolute atomic E-state index is 14.3. The van der Waals surface area contributed by atoms with Gasteiger partial charge in [-0.15, -0.1) is 11.6 Å². The van der Waals surface area contributed by atoms with Gasteiger partial charge in [-0.25, -0.2) is 0 Å². The first-order chi connectivity index (χ1) is 22.0. The van der Waals surface area contributed by atoms with E-state index in [0.29, 0.717) is 42.3 Å². The van der Waals surface area contributed by atoms with Gasteiger partial charge in [0.05, 0.1) is 23.0 Å². The fraction of sp³-hybridized carbons (Fsp3) is 0.500. The van der Waals surface area contributed by atoms with Crippen molar-refractivity contribution in [1.82, 2.24) is 9.78 Å². The Morgan fingerprint density at radius 1 is 1.00 bits per heavy atom. The molecule has 2 aliphatic rings. The van der Waals surface area contributed by atoms with Crippen molar-refractivity contribution in [3.05, 3.63) is 87.0 Å². The van der Waals surface area contributed by atoms with Crippen LogP contribution in [0.2, 0.25) is 5.02 Å². The van der Waals surface area contributed by atoms with Gasteiger partial charge in [0.2, 0.25) is 0 Å². The lowest BCUT2D eigenvalue weighted by molar-refractivity contribution is -0.156. The zero-order chi connectivity index (χ0) is 33.0. The Bertz CT molecular complexity index is 1560. The molecule has 246 valence electrons. The number of ketones is 1. The highest BCUT2D eigenvalue weighted by atomic mass is 35.5. The molecule has 8 heteroatoms. The number of halogens is 3. The molecule has 0 radical (unpaired) electrons. The molecule has 4 unspecified atom stereocenters. The first-order valence-corrected chi connectivity index (χ1v) is 17.9. The third kappa shape index (κ3) is 8.09. The summed E-state index contributed by atoms with van der Waals surface area (Å²) in [5, 5.41) is 6.05. The molecule has 3 aromatic rings. The number of nitrogens with zero attached hydrogens (tertiary/aromatic N) is 2. The van der Waals surface area contributed by atoms with E-state index in [1.165, 1.54) is 12.0 Å². The number of Topliss-reactive ketones (excluding diaryl/α,β-unsaturated/α-hetero) is 1. The van der Waals surface area contributed by atoms with Gasteiger partial charge < -0.3 is 4.74 Å². The molecule has 1 fully saturated rings. The Morgan fingerprint density at radius 2 is 1.70 bits per heavy atom. The molecule has 1 aromatic heterocycles. The summed E-state index contributed by atoms with van der Waals surface area (Å²) in [6, 6.07) is 15.7. The average molecular weight is 684 g/mol. The summed E-state index contributed by atoms with van der Waals surface area (Å²) in [4.78, 5) is 28.1. The molecule has 0 aliphatic heterocycles. The molecule has 2 aromatic carbocycles. The molecular weight excluding hydrogens is 639 g/mol. The van der Waals surface area contributed by atoms with E-state index >= 15 is 0 Å². The number of carbonyl (C=O) groups excluding carboxylic acids is 2. The molecular formula is C38H45Cl3N2O3. The minimum atomic E-state index is -0.456. The lowest BCUT2D eigenvalue weighted by atomic mass is 9.84. The van der Waals surface area contributed by atoms with E-state index in [1.54, 1.807) is 0 Å². The number of esters is 1. The van der Waals surface area contributed by atoms with Gasteiger partial charge in [-0.3, -0.25) is 14.3 Å². The maximum atomic E-state index is 14.3. The summed E-state index contributed by atoms with van der Waals surface area (Å²) in [5.74, 6) is -0.877. The number of benzene rings is 2. The fourth-order valence-corrected chi connectivity index (χ4v) is 7.86. The van der Waals surface area contributed by atoms with E-state index in [2.05, 4.69) is 26.0 Å². The van der Waals surface area contributed by atoms with Crippen LogP contribution >= 0.6 is 34.8 Å². The van der Waals surface area contributed by atoms with Crippen molar-refractivity contribution < 1.29 is 14.3 Å². The Kier molecular flexibility index (Phi) is 11.7. The van der Waals surface area contributed by atoms with Crippen LogP contribution < -0.4 is 0 Å². The van der Waals surface area contributed by atoms with Crippen molar-refractivity contribution in [3.63, 3.8) is 0 Å². The van der Waals surface area contributed by atoms with Gasteiger partial charge in [0.1, 0.15) is 11.8 Å². The first-order valence-electron chi connectivity index (χ1n) is 16.7. The lowest BCUT2D eigenvalue weighted by Crippen LogP contribution is -2.30. The van der Waals surface area contributed by atoms with Crippen LogP contribution in [-0.4, -0.2) is 33.0 Å².